The molecule has 0 aromatic heterocycles. The molecule has 7 nitrogen and oxygen atoms in total. The Hall–Kier alpha value is -1.34. The van der Waals surface area contributed by atoms with Crippen LogP contribution in [-0.2, 0) is 4.79 Å². The monoisotopic (exact) mass is 259 g/mol. The van der Waals surface area contributed by atoms with Gasteiger partial charge in [-0.05, 0) is 20.9 Å². The number of nitrogens with zero attached hydrogens (tertiary/aromatic N) is 2. The van der Waals surface area contributed by atoms with Crippen LogP contribution in [0.15, 0.2) is 0 Å². The van der Waals surface area contributed by atoms with Crippen molar-refractivity contribution in [2.75, 3.05) is 33.3 Å². The molecule has 0 aliphatic carbocycles. The van der Waals surface area contributed by atoms with E-state index in [0.29, 0.717) is 13.1 Å². The number of likely N-dealkylation sites (N-methyl/N-ethyl adjacent to an activating group) is 1. The average molecular weight is 259 g/mol. The second kappa shape index (κ2) is 5.53. The van der Waals surface area contributed by atoms with Gasteiger partial charge in [-0.15, -0.1) is 0 Å². The Morgan fingerprint density at radius 1 is 1.39 bits per heavy atom. The van der Waals surface area contributed by atoms with E-state index in [9.17, 15) is 9.59 Å². The van der Waals surface area contributed by atoms with E-state index >= 15 is 0 Å². The Bertz CT molecular complexity index is 332. The maximum absolute atomic E-state index is 11.9. The van der Waals surface area contributed by atoms with Gasteiger partial charge in [-0.25, -0.2) is 9.59 Å². The highest BCUT2D eigenvalue weighted by atomic mass is 16.4. The second-order valence-electron chi connectivity index (χ2n) is 5.18. The summed E-state index contributed by atoms with van der Waals surface area (Å²) in [7, 11) is 1.99. The molecule has 1 heterocycles. The lowest BCUT2D eigenvalue weighted by molar-refractivity contribution is -0.140. The van der Waals surface area contributed by atoms with E-state index in [1.807, 2.05) is 20.9 Å². The van der Waals surface area contributed by atoms with Crippen LogP contribution in [0.1, 0.15) is 13.8 Å². The number of hydrogen-bond donors (Lipinski definition) is 3. The lowest BCUT2D eigenvalue weighted by Gasteiger charge is -2.45. The first-order chi connectivity index (χ1) is 8.27. The average Bonchev–Trinajstić information content (AvgIpc) is 2.28. The predicted molar refractivity (Wildman–Crippen MR) is 65.3 cm³/mol. The van der Waals surface area contributed by atoms with E-state index in [1.165, 1.54) is 0 Å². The van der Waals surface area contributed by atoms with Gasteiger partial charge in [0.1, 0.15) is 0 Å². The number of carbonyl (C=O) groups excluding carboxylic acids is 1. The van der Waals surface area contributed by atoms with Gasteiger partial charge in [-0.2, -0.15) is 0 Å². The van der Waals surface area contributed by atoms with Crippen molar-refractivity contribution >= 4 is 12.0 Å². The number of carboxylic acid groups (broad SMARTS) is 1. The molecule has 1 fully saturated rings. The number of rotatable bonds is 3. The van der Waals surface area contributed by atoms with Crippen LogP contribution in [0.5, 0.6) is 0 Å². The van der Waals surface area contributed by atoms with Crippen molar-refractivity contribution in [2.45, 2.75) is 25.4 Å². The van der Waals surface area contributed by atoms with Crippen LogP contribution in [0.2, 0.25) is 0 Å². The molecular formula is C11H21N3O4. The van der Waals surface area contributed by atoms with Gasteiger partial charge in [-0.3, -0.25) is 4.90 Å². The normalized spacial score (nSPS) is 21.4. The van der Waals surface area contributed by atoms with E-state index < -0.39 is 24.6 Å². The summed E-state index contributed by atoms with van der Waals surface area (Å²) in [5, 5.41) is 19.9. The summed E-state index contributed by atoms with van der Waals surface area (Å²) in [6.07, 6.45) is 0. The van der Waals surface area contributed by atoms with Gasteiger partial charge in [-0.1, -0.05) is 0 Å². The molecule has 0 aromatic rings. The van der Waals surface area contributed by atoms with Crippen molar-refractivity contribution in [2.24, 2.45) is 0 Å². The SMILES string of the molecule is CN1CCN(C(=O)N[C@H](CO)C(=O)O)CC1(C)C. The first kappa shape index (κ1) is 14.7. The minimum Gasteiger partial charge on any atom is -0.480 e. The van der Waals surface area contributed by atoms with Gasteiger partial charge in [0.25, 0.3) is 0 Å². The van der Waals surface area contributed by atoms with Crippen LogP contribution in [0.25, 0.3) is 0 Å². The largest absolute Gasteiger partial charge is 0.480 e. The van der Waals surface area contributed by atoms with E-state index in [4.69, 9.17) is 10.2 Å². The van der Waals surface area contributed by atoms with E-state index in [2.05, 4.69) is 10.2 Å². The van der Waals surface area contributed by atoms with E-state index in [0.717, 1.165) is 6.54 Å². The molecule has 1 atom stereocenters. The number of hydrogen-bond acceptors (Lipinski definition) is 4. The number of aliphatic carboxylic acids is 1. The number of nitrogens with one attached hydrogen (secondary N) is 1. The van der Waals surface area contributed by atoms with Crippen molar-refractivity contribution < 1.29 is 19.8 Å². The van der Waals surface area contributed by atoms with Crippen LogP contribution >= 0.6 is 0 Å². The Labute approximate surface area is 106 Å². The number of carboxylic acids is 1. The third-order valence-electron chi connectivity index (χ3n) is 3.38. The molecule has 0 bridgehead atoms. The van der Waals surface area contributed by atoms with Crippen LogP contribution in [0, 0.1) is 0 Å². The van der Waals surface area contributed by atoms with E-state index in [-0.39, 0.29) is 5.54 Å². The number of aliphatic hydroxyl groups excluding tert-OH is 1. The third kappa shape index (κ3) is 3.33. The number of urea groups is 1. The molecule has 0 unspecified atom stereocenters. The molecule has 0 saturated carbocycles. The first-order valence-electron chi connectivity index (χ1n) is 5.88. The van der Waals surface area contributed by atoms with Gasteiger partial charge in [0.15, 0.2) is 6.04 Å². The van der Waals surface area contributed by atoms with Gasteiger partial charge < -0.3 is 20.4 Å². The first-order valence-corrected chi connectivity index (χ1v) is 5.88. The summed E-state index contributed by atoms with van der Waals surface area (Å²) >= 11 is 0. The molecule has 2 amide bonds. The van der Waals surface area contributed by atoms with Gasteiger partial charge in [0, 0.05) is 25.2 Å². The molecule has 18 heavy (non-hydrogen) atoms. The highest BCUT2D eigenvalue weighted by molar-refractivity contribution is 5.82. The topological polar surface area (TPSA) is 93.1 Å². The number of aliphatic hydroxyl groups is 1. The van der Waals surface area contributed by atoms with Crippen LogP contribution in [0.4, 0.5) is 4.79 Å². The zero-order valence-corrected chi connectivity index (χ0v) is 11.0. The summed E-state index contributed by atoms with van der Waals surface area (Å²) in [5.41, 5.74) is -0.145. The van der Waals surface area contributed by atoms with Crippen molar-refractivity contribution in [3.63, 3.8) is 0 Å². The molecule has 3 N–H and O–H groups in total. The van der Waals surface area contributed by atoms with E-state index in [1.54, 1.807) is 4.90 Å². The smallest absolute Gasteiger partial charge is 0.328 e. The van der Waals surface area contributed by atoms with Crippen LogP contribution in [0.3, 0.4) is 0 Å². The van der Waals surface area contributed by atoms with Crippen molar-refractivity contribution in [3.8, 4) is 0 Å². The zero-order valence-electron chi connectivity index (χ0n) is 11.0. The van der Waals surface area contributed by atoms with Crippen molar-refractivity contribution in [1.82, 2.24) is 15.1 Å². The highest BCUT2D eigenvalue weighted by Crippen LogP contribution is 2.18. The summed E-state index contributed by atoms with van der Waals surface area (Å²) < 4.78 is 0. The number of carbonyl (C=O) groups is 2. The molecule has 0 spiro atoms. The molecule has 104 valence electrons. The Balaban J connectivity index is 2.60. The Morgan fingerprint density at radius 2 is 2.00 bits per heavy atom. The molecule has 7 heteroatoms. The van der Waals surface area contributed by atoms with Gasteiger partial charge in [0.05, 0.1) is 6.61 Å². The molecule has 0 radical (unpaired) electrons. The van der Waals surface area contributed by atoms with Crippen LogP contribution < -0.4 is 5.32 Å². The molecule has 0 aromatic carbocycles. The maximum atomic E-state index is 11.9. The third-order valence-corrected chi connectivity index (χ3v) is 3.38. The molecule has 1 aliphatic heterocycles. The molecule has 1 saturated heterocycles. The van der Waals surface area contributed by atoms with Crippen molar-refractivity contribution in [3.05, 3.63) is 0 Å². The number of amides is 2. The Kier molecular flexibility index (Phi) is 4.53. The van der Waals surface area contributed by atoms with Gasteiger partial charge in [0.2, 0.25) is 0 Å². The summed E-state index contributed by atoms with van der Waals surface area (Å²) in [6.45, 7) is 5.23. The lowest BCUT2D eigenvalue weighted by Crippen LogP contribution is -2.61. The van der Waals surface area contributed by atoms with Gasteiger partial charge >= 0.3 is 12.0 Å². The summed E-state index contributed by atoms with van der Waals surface area (Å²) in [5.74, 6) is -1.24. The molecule has 1 aliphatic rings. The number of piperazine rings is 1. The fourth-order valence-electron chi connectivity index (χ4n) is 1.84. The van der Waals surface area contributed by atoms with Crippen LogP contribution in [-0.4, -0.2) is 76.9 Å². The standard InChI is InChI=1S/C11H21N3O4/c1-11(2)7-14(5-4-13(11)3)10(18)12-8(6-15)9(16)17/h8,15H,4-7H2,1-3H3,(H,12,18)(H,16,17)/t8-/m1/s1. The fraction of sp³-hybridized carbons (Fsp3) is 0.818. The minimum absolute atomic E-state index is 0.145. The molecule has 1 rings (SSSR count). The minimum atomic E-state index is -1.25. The summed E-state index contributed by atoms with van der Waals surface area (Å²) in [4.78, 5) is 26.3. The fourth-order valence-corrected chi connectivity index (χ4v) is 1.84. The quantitative estimate of drug-likeness (QED) is 0.615. The predicted octanol–water partition coefficient (Wildman–Crippen LogP) is -0.832. The molecular weight excluding hydrogens is 238 g/mol. The lowest BCUT2D eigenvalue weighted by atomic mass is 10.00. The summed E-state index contributed by atoms with van der Waals surface area (Å²) in [6, 6.07) is -1.70. The second-order valence-corrected chi connectivity index (χ2v) is 5.18. The Morgan fingerprint density at radius 3 is 2.44 bits per heavy atom. The maximum Gasteiger partial charge on any atom is 0.328 e. The highest BCUT2D eigenvalue weighted by Gasteiger charge is 2.34. The van der Waals surface area contributed by atoms with Crippen molar-refractivity contribution in [1.29, 1.82) is 0 Å². The zero-order chi connectivity index (χ0) is 13.9.